The third-order valence-electron chi connectivity index (χ3n) is 1.21. The molecule has 0 aromatic rings. The zero-order valence-corrected chi connectivity index (χ0v) is 6.89. The standard InChI is InChI=1S/C5H11N.C2H4O2.Mg.H2O.2H/c1-2-4-6-5-3-1;1-2(3)4;;;;/h6H,1-5H2;1H3,(H,3,4);;1H2;;. The van der Waals surface area contributed by atoms with E-state index in [-0.39, 0.29) is 28.5 Å². The van der Waals surface area contributed by atoms with Crippen molar-refractivity contribution in [1.29, 1.82) is 0 Å². The van der Waals surface area contributed by atoms with Gasteiger partial charge in [0.1, 0.15) is 0 Å². The van der Waals surface area contributed by atoms with Gasteiger partial charge in [-0.25, -0.2) is 0 Å². The number of rotatable bonds is 0. The van der Waals surface area contributed by atoms with E-state index in [1.807, 2.05) is 0 Å². The Balaban J connectivity index is -0.000000124. The maximum atomic E-state index is 9.00. The van der Waals surface area contributed by atoms with Crippen LogP contribution >= 0.6 is 0 Å². The molecule has 0 amide bonds. The summed E-state index contributed by atoms with van der Waals surface area (Å²) in [4.78, 5) is 9.00. The Labute approximate surface area is 89.2 Å². The summed E-state index contributed by atoms with van der Waals surface area (Å²) in [5.41, 5.74) is 0. The first-order valence-electron chi connectivity index (χ1n) is 3.63. The molecule has 0 aromatic carbocycles. The molecule has 0 bridgehead atoms. The first-order valence-corrected chi connectivity index (χ1v) is 3.63. The van der Waals surface area contributed by atoms with Gasteiger partial charge in [0.25, 0.3) is 5.97 Å². The number of carboxylic acid groups (broad SMARTS) is 1. The Hall–Kier alpha value is 0.156. The molecule has 0 atom stereocenters. The Morgan fingerprint density at radius 3 is 1.67 bits per heavy atom. The lowest BCUT2D eigenvalue weighted by Gasteiger charge is -2.08. The van der Waals surface area contributed by atoms with E-state index in [0.29, 0.717) is 0 Å². The van der Waals surface area contributed by atoms with Crippen molar-refractivity contribution in [3.63, 3.8) is 0 Å². The van der Waals surface area contributed by atoms with Crippen LogP contribution in [0.1, 0.15) is 26.2 Å². The van der Waals surface area contributed by atoms with Crippen molar-refractivity contribution in [1.82, 2.24) is 5.32 Å². The minimum Gasteiger partial charge on any atom is -0.481 e. The highest BCUT2D eigenvalue weighted by atomic mass is 24.3. The average molecular weight is 190 g/mol. The molecule has 1 fully saturated rings. The maximum absolute atomic E-state index is 9.00. The number of carbonyl (C=O) groups is 1. The van der Waals surface area contributed by atoms with Gasteiger partial charge in [-0.2, -0.15) is 0 Å². The van der Waals surface area contributed by atoms with Crippen LogP contribution in [0.25, 0.3) is 0 Å². The van der Waals surface area contributed by atoms with Gasteiger partial charge in [-0.1, -0.05) is 6.42 Å². The minimum absolute atomic E-state index is 0. The monoisotopic (exact) mass is 189 g/mol. The van der Waals surface area contributed by atoms with Gasteiger partial charge in [-0.15, -0.1) is 0 Å². The van der Waals surface area contributed by atoms with Crippen LogP contribution in [-0.4, -0.2) is 52.7 Å². The smallest absolute Gasteiger partial charge is 0.316 e. The van der Waals surface area contributed by atoms with Crippen LogP contribution in [0.5, 0.6) is 0 Å². The Morgan fingerprint density at radius 2 is 1.58 bits per heavy atom. The van der Waals surface area contributed by atoms with Crippen LogP contribution in [0.4, 0.5) is 0 Å². The van der Waals surface area contributed by atoms with E-state index >= 15 is 0 Å². The van der Waals surface area contributed by atoms with Crippen LogP contribution < -0.4 is 5.32 Å². The summed E-state index contributed by atoms with van der Waals surface area (Å²) in [5, 5.41) is 10.7. The first kappa shape index (κ1) is 18.0. The van der Waals surface area contributed by atoms with E-state index in [1.165, 1.54) is 32.4 Å². The SMILES string of the molecule is C1CCNCC1.CC(=O)O.O.[MgH2]. The van der Waals surface area contributed by atoms with Gasteiger partial charge < -0.3 is 15.9 Å². The van der Waals surface area contributed by atoms with Gasteiger partial charge in [0.2, 0.25) is 0 Å². The van der Waals surface area contributed by atoms with E-state index < -0.39 is 5.97 Å². The molecule has 1 saturated heterocycles. The van der Waals surface area contributed by atoms with Gasteiger partial charge in [0, 0.05) is 6.92 Å². The normalized spacial score (nSPS) is 14.1. The molecule has 5 heteroatoms. The van der Waals surface area contributed by atoms with Crippen LogP contribution in [0.15, 0.2) is 0 Å². The fourth-order valence-electron chi connectivity index (χ4n) is 0.802. The van der Waals surface area contributed by atoms with Crippen LogP contribution in [0.2, 0.25) is 0 Å². The number of hydrogen-bond donors (Lipinski definition) is 2. The fraction of sp³-hybridized carbons (Fsp3) is 0.857. The number of piperidine rings is 1. The minimum atomic E-state index is -0.833. The molecule has 4 N–H and O–H groups in total. The van der Waals surface area contributed by atoms with Crippen molar-refractivity contribution < 1.29 is 15.4 Å². The van der Waals surface area contributed by atoms with Crippen molar-refractivity contribution in [2.75, 3.05) is 13.1 Å². The van der Waals surface area contributed by atoms with E-state index in [2.05, 4.69) is 5.32 Å². The lowest BCUT2D eigenvalue weighted by Crippen LogP contribution is -2.21. The lowest BCUT2D eigenvalue weighted by molar-refractivity contribution is -0.134. The van der Waals surface area contributed by atoms with Gasteiger partial charge in [0.15, 0.2) is 0 Å². The lowest BCUT2D eigenvalue weighted by atomic mass is 10.2. The molecule has 0 saturated carbocycles. The van der Waals surface area contributed by atoms with Gasteiger partial charge in [0.05, 0.1) is 0 Å². The van der Waals surface area contributed by atoms with Crippen LogP contribution in [0, 0.1) is 0 Å². The Morgan fingerprint density at radius 1 is 1.25 bits per heavy atom. The molecule has 1 rings (SSSR count). The molecular weight excluding hydrogens is 170 g/mol. The molecule has 0 aliphatic carbocycles. The van der Waals surface area contributed by atoms with E-state index in [0.717, 1.165) is 6.92 Å². The van der Waals surface area contributed by atoms with E-state index in [1.54, 1.807) is 0 Å². The molecule has 1 aliphatic rings. The summed E-state index contributed by atoms with van der Waals surface area (Å²) in [7, 11) is 0. The molecule has 72 valence electrons. The molecule has 12 heavy (non-hydrogen) atoms. The van der Waals surface area contributed by atoms with Crippen molar-refractivity contribution >= 4 is 29.0 Å². The molecule has 4 nitrogen and oxygen atoms in total. The summed E-state index contributed by atoms with van der Waals surface area (Å²) in [6, 6.07) is 0. The maximum Gasteiger partial charge on any atom is 0.316 e. The second kappa shape index (κ2) is 13.7. The molecule has 0 unspecified atom stereocenters. The zero-order valence-electron chi connectivity index (χ0n) is 6.89. The highest BCUT2D eigenvalue weighted by Gasteiger charge is 1.93. The first-order chi connectivity index (χ1) is 4.73. The predicted octanol–water partition coefficient (Wildman–Crippen LogP) is -0.890. The second-order valence-corrected chi connectivity index (χ2v) is 2.33. The molecular formula is C7H19MgNO3. The van der Waals surface area contributed by atoms with Crippen molar-refractivity contribution in [3.05, 3.63) is 0 Å². The van der Waals surface area contributed by atoms with Crippen LogP contribution in [0.3, 0.4) is 0 Å². The molecule has 1 heterocycles. The topological polar surface area (TPSA) is 80.8 Å². The van der Waals surface area contributed by atoms with E-state index in [9.17, 15) is 0 Å². The largest absolute Gasteiger partial charge is 0.481 e. The van der Waals surface area contributed by atoms with Crippen molar-refractivity contribution in [2.24, 2.45) is 0 Å². The van der Waals surface area contributed by atoms with Gasteiger partial charge in [-0.3, -0.25) is 4.79 Å². The Kier molecular flexibility index (Phi) is 20.6. The summed E-state index contributed by atoms with van der Waals surface area (Å²) < 4.78 is 0. The molecule has 1 aliphatic heterocycles. The highest BCUT2D eigenvalue weighted by molar-refractivity contribution is 5.75. The third kappa shape index (κ3) is 22.5. The second-order valence-electron chi connectivity index (χ2n) is 2.33. The van der Waals surface area contributed by atoms with Crippen molar-refractivity contribution in [2.45, 2.75) is 26.2 Å². The Bertz CT molecular complexity index is 81.1. The summed E-state index contributed by atoms with van der Waals surface area (Å²) in [6.45, 7) is 3.58. The van der Waals surface area contributed by atoms with E-state index in [4.69, 9.17) is 9.90 Å². The van der Waals surface area contributed by atoms with Crippen molar-refractivity contribution in [3.8, 4) is 0 Å². The number of carboxylic acids is 1. The fourth-order valence-corrected chi connectivity index (χ4v) is 0.802. The van der Waals surface area contributed by atoms with Crippen LogP contribution in [-0.2, 0) is 4.79 Å². The zero-order chi connectivity index (χ0) is 7.82. The highest BCUT2D eigenvalue weighted by Crippen LogP contribution is 1.96. The quantitative estimate of drug-likeness (QED) is 0.485. The predicted molar refractivity (Wildman–Crippen MR) is 52.2 cm³/mol. The van der Waals surface area contributed by atoms with Gasteiger partial charge >= 0.3 is 23.1 Å². The summed E-state index contributed by atoms with van der Waals surface area (Å²) in [5.74, 6) is -0.833. The third-order valence-corrected chi connectivity index (χ3v) is 1.21. The molecule has 0 spiro atoms. The number of nitrogens with one attached hydrogen (secondary N) is 1. The van der Waals surface area contributed by atoms with Gasteiger partial charge in [-0.05, 0) is 25.9 Å². The summed E-state index contributed by atoms with van der Waals surface area (Å²) >= 11 is 0. The number of aliphatic carboxylic acids is 1. The molecule has 0 aromatic heterocycles. The number of hydrogen-bond acceptors (Lipinski definition) is 2. The molecule has 0 radical (unpaired) electrons. The summed E-state index contributed by atoms with van der Waals surface area (Å²) in [6.07, 6.45) is 4.22. The average Bonchev–Trinajstić information content (AvgIpc) is 1.90.